The lowest BCUT2D eigenvalue weighted by atomic mass is 9.97. The van der Waals surface area contributed by atoms with Crippen LogP contribution in [0.15, 0.2) is 46.9 Å². The van der Waals surface area contributed by atoms with Gasteiger partial charge in [-0.25, -0.2) is 4.39 Å². The summed E-state index contributed by atoms with van der Waals surface area (Å²) in [5.41, 5.74) is 9.50. The first-order valence-electron chi connectivity index (χ1n) is 7.20. The molecule has 1 heterocycles. The van der Waals surface area contributed by atoms with Crippen LogP contribution >= 0.6 is 15.9 Å². The minimum Gasteiger partial charge on any atom is -0.363 e. The molecule has 0 amide bonds. The molecule has 0 saturated heterocycles. The Balaban J connectivity index is 2.03. The van der Waals surface area contributed by atoms with Crippen LogP contribution in [0, 0.1) is 5.82 Å². The van der Waals surface area contributed by atoms with Gasteiger partial charge < -0.3 is 10.6 Å². The third-order valence-corrected chi connectivity index (χ3v) is 4.78. The minimum absolute atomic E-state index is 0.0171. The Morgan fingerprint density at radius 2 is 2.05 bits per heavy atom. The fourth-order valence-corrected chi connectivity index (χ4v) is 3.59. The van der Waals surface area contributed by atoms with E-state index in [0.717, 1.165) is 29.4 Å². The van der Waals surface area contributed by atoms with Gasteiger partial charge in [-0.3, -0.25) is 0 Å². The molecular weight excluding hydrogens is 331 g/mol. The van der Waals surface area contributed by atoms with Crippen LogP contribution in [-0.4, -0.2) is 13.1 Å². The first-order chi connectivity index (χ1) is 10.2. The van der Waals surface area contributed by atoms with Crippen molar-refractivity contribution in [1.82, 2.24) is 0 Å². The summed E-state index contributed by atoms with van der Waals surface area (Å²) in [5, 5.41) is 0. The molecule has 0 radical (unpaired) electrons. The number of nitrogens with zero attached hydrogens (tertiary/aromatic N) is 1. The van der Waals surface area contributed by atoms with Gasteiger partial charge in [0.25, 0.3) is 0 Å². The number of para-hydroxylation sites is 1. The van der Waals surface area contributed by atoms with E-state index in [4.69, 9.17) is 5.73 Å². The molecule has 2 aromatic carbocycles. The van der Waals surface area contributed by atoms with Gasteiger partial charge in [-0.2, -0.15) is 0 Å². The van der Waals surface area contributed by atoms with Crippen molar-refractivity contribution in [3.05, 3.63) is 63.9 Å². The smallest absolute Gasteiger partial charge is 0.123 e. The normalized spacial score (nSPS) is 15.7. The predicted molar refractivity (Wildman–Crippen MR) is 88.0 cm³/mol. The third-order valence-electron chi connectivity index (χ3n) is 4.06. The Morgan fingerprint density at radius 3 is 2.86 bits per heavy atom. The largest absolute Gasteiger partial charge is 0.363 e. The van der Waals surface area contributed by atoms with E-state index in [-0.39, 0.29) is 11.9 Å². The summed E-state index contributed by atoms with van der Waals surface area (Å²) in [6, 6.07) is 13.2. The highest BCUT2D eigenvalue weighted by Gasteiger charge is 2.25. The fourth-order valence-electron chi connectivity index (χ4n) is 3.08. The predicted octanol–water partition coefficient (Wildman–Crippen LogP) is 4.04. The zero-order valence-corrected chi connectivity index (χ0v) is 13.3. The molecule has 1 aliphatic heterocycles. The minimum atomic E-state index is -0.225. The van der Waals surface area contributed by atoms with Gasteiger partial charge in [0.1, 0.15) is 5.82 Å². The maximum Gasteiger partial charge on any atom is 0.123 e. The Morgan fingerprint density at radius 1 is 1.24 bits per heavy atom. The molecule has 0 spiro atoms. The topological polar surface area (TPSA) is 29.3 Å². The summed E-state index contributed by atoms with van der Waals surface area (Å²) in [6.07, 6.45) is 2.19. The van der Waals surface area contributed by atoms with Crippen molar-refractivity contribution in [3.8, 4) is 0 Å². The molecule has 4 heteroatoms. The van der Waals surface area contributed by atoms with Crippen LogP contribution in [0.5, 0.6) is 0 Å². The number of hydrogen-bond donors (Lipinski definition) is 1. The first-order valence-corrected chi connectivity index (χ1v) is 7.99. The quantitative estimate of drug-likeness (QED) is 0.906. The maximum atomic E-state index is 13.6. The monoisotopic (exact) mass is 348 g/mol. The lowest BCUT2D eigenvalue weighted by Gasteiger charge is -2.38. The van der Waals surface area contributed by atoms with Crippen LogP contribution in [0.3, 0.4) is 0 Å². The zero-order chi connectivity index (χ0) is 14.8. The van der Waals surface area contributed by atoms with E-state index in [0.29, 0.717) is 6.54 Å². The summed E-state index contributed by atoms with van der Waals surface area (Å²) in [6.45, 7) is 1.40. The first kappa shape index (κ1) is 14.5. The van der Waals surface area contributed by atoms with Crippen molar-refractivity contribution in [1.29, 1.82) is 0 Å². The highest BCUT2D eigenvalue weighted by Crippen LogP contribution is 2.36. The van der Waals surface area contributed by atoms with E-state index >= 15 is 0 Å². The summed E-state index contributed by atoms with van der Waals surface area (Å²) in [5.74, 6) is -0.225. The Bertz CT molecular complexity index is 644. The molecule has 0 saturated carbocycles. The van der Waals surface area contributed by atoms with E-state index in [1.54, 1.807) is 12.1 Å². The van der Waals surface area contributed by atoms with Crippen molar-refractivity contribution in [2.45, 2.75) is 18.9 Å². The molecule has 3 rings (SSSR count). The third kappa shape index (κ3) is 2.83. The van der Waals surface area contributed by atoms with Crippen LogP contribution in [0.4, 0.5) is 10.1 Å². The van der Waals surface area contributed by atoms with E-state index in [1.165, 1.54) is 17.3 Å². The molecule has 21 heavy (non-hydrogen) atoms. The number of halogens is 2. The van der Waals surface area contributed by atoms with E-state index in [1.807, 2.05) is 6.07 Å². The van der Waals surface area contributed by atoms with Crippen molar-refractivity contribution in [3.63, 3.8) is 0 Å². The van der Waals surface area contributed by atoms with Gasteiger partial charge in [0.15, 0.2) is 0 Å². The molecule has 2 aromatic rings. The van der Waals surface area contributed by atoms with Gasteiger partial charge in [0, 0.05) is 23.2 Å². The molecule has 110 valence electrons. The number of fused-ring (bicyclic) bond motifs is 1. The van der Waals surface area contributed by atoms with Gasteiger partial charge in [-0.1, -0.05) is 34.1 Å². The molecule has 1 aliphatic rings. The second-order valence-corrected chi connectivity index (χ2v) is 6.20. The molecular formula is C17H18BrFN2. The molecule has 0 fully saturated rings. The molecule has 2 N–H and O–H groups in total. The maximum absolute atomic E-state index is 13.6. The summed E-state index contributed by atoms with van der Waals surface area (Å²) >= 11 is 3.53. The SMILES string of the molecule is NCC(c1cc(F)ccc1Br)N1CCCc2ccccc21. The standard InChI is InChI=1S/C17H18BrFN2/c18-15-8-7-13(19)10-14(15)17(11-20)21-9-3-5-12-4-1-2-6-16(12)21/h1-2,4,6-8,10,17H,3,5,9,11,20H2. The number of hydrogen-bond acceptors (Lipinski definition) is 2. The van der Waals surface area contributed by atoms with Crippen LogP contribution in [0.1, 0.15) is 23.6 Å². The molecule has 2 nitrogen and oxygen atoms in total. The van der Waals surface area contributed by atoms with Crippen LogP contribution in [0.2, 0.25) is 0 Å². The summed E-state index contributed by atoms with van der Waals surface area (Å²) in [7, 11) is 0. The number of nitrogens with two attached hydrogens (primary N) is 1. The number of rotatable bonds is 3. The molecule has 0 aliphatic carbocycles. The van der Waals surface area contributed by atoms with Crippen LogP contribution in [0.25, 0.3) is 0 Å². The van der Waals surface area contributed by atoms with Gasteiger partial charge in [-0.05, 0) is 48.2 Å². The second kappa shape index (κ2) is 6.16. The average molecular weight is 349 g/mol. The van der Waals surface area contributed by atoms with Crippen LogP contribution in [-0.2, 0) is 6.42 Å². The van der Waals surface area contributed by atoms with Gasteiger partial charge >= 0.3 is 0 Å². The summed E-state index contributed by atoms with van der Waals surface area (Å²) in [4.78, 5) is 2.30. The Labute approximate surface area is 132 Å². The van der Waals surface area contributed by atoms with E-state index < -0.39 is 0 Å². The van der Waals surface area contributed by atoms with Crippen molar-refractivity contribution in [2.24, 2.45) is 5.73 Å². The molecule has 0 aromatic heterocycles. The second-order valence-electron chi connectivity index (χ2n) is 5.34. The van der Waals surface area contributed by atoms with Gasteiger partial charge in [-0.15, -0.1) is 0 Å². The average Bonchev–Trinajstić information content (AvgIpc) is 2.51. The van der Waals surface area contributed by atoms with Gasteiger partial charge in [0.05, 0.1) is 6.04 Å². The molecule has 1 unspecified atom stereocenters. The Hall–Kier alpha value is -1.39. The number of benzene rings is 2. The summed E-state index contributed by atoms with van der Waals surface area (Å²) < 4.78 is 14.5. The van der Waals surface area contributed by atoms with Crippen molar-refractivity contribution in [2.75, 3.05) is 18.0 Å². The van der Waals surface area contributed by atoms with Gasteiger partial charge in [0.2, 0.25) is 0 Å². The lowest BCUT2D eigenvalue weighted by molar-refractivity contribution is 0.576. The van der Waals surface area contributed by atoms with Crippen molar-refractivity contribution < 1.29 is 4.39 Å². The number of aryl methyl sites for hydroxylation is 1. The molecule has 1 atom stereocenters. The molecule has 0 bridgehead atoms. The zero-order valence-electron chi connectivity index (χ0n) is 11.7. The Kier molecular flexibility index (Phi) is 4.27. The lowest BCUT2D eigenvalue weighted by Crippen LogP contribution is -2.37. The van der Waals surface area contributed by atoms with E-state index in [9.17, 15) is 4.39 Å². The highest BCUT2D eigenvalue weighted by atomic mass is 79.9. The fraction of sp³-hybridized carbons (Fsp3) is 0.294. The van der Waals surface area contributed by atoms with Crippen molar-refractivity contribution >= 4 is 21.6 Å². The highest BCUT2D eigenvalue weighted by molar-refractivity contribution is 9.10. The number of anilines is 1. The van der Waals surface area contributed by atoms with E-state index in [2.05, 4.69) is 39.0 Å². The van der Waals surface area contributed by atoms with Crippen LogP contribution < -0.4 is 10.6 Å².